The highest BCUT2D eigenvalue weighted by Crippen LogP contribution is 2.17. The van der Waals surface area contributed by atoms with Crippen molar-refractivity contribution in [1.29, 1.82) is 0 Å². The van der Waals surface area contributed by atoms with Gasteiger partial charge in [-0.05, 0) is 41.4 Å². The van der Waals surface area contributed by atoms with Crippen LogP contribution in [0.3, 0.4) is 0 Å². The van der Waals surface area contributed by atoms with E-state index in [4.69, 9.17) is 5.73 Å². The van der Waals surface area contributed by atoms with Gasteiger partial charge in [-0.3, -0.25) is 0 Å². The van der Waals surface area contributed by atoms with Gasteiger partial charge >= 0.3 is 0 Å². The summed E-state index contributed by atoms with van der Waals surface area (Å²) in [6.45, 7) is 5.79. The van der Waals surface area contributed by atoms with Crippen LogP contribution in [0.25, 0.3) is 0 Å². The lowest BCUT2D eigenvalue weighted by Crippen LogP contribution is -2.12. The summed E-state index contributed by atoms with van der Waals surface area (Å²) in [4.78, 5) is 4.28. The highest BCUT2D eigenvalue weighted by Gasteiger charge is 2.07. The summed E-state index contributed by atoms with van der Waals surface area (Å²) in [6, 6.07) is 5.70. The summed E-state index contributed by atoms with van der Waals surface area (Å²) in [6.07, 6.45) is 0.781. The normalized spacial score (nSPS) is 12.5. The number of hydrogen-bond donors (Lipinski definition) is 1. The first-order valence-electron chi connectivity index (χ1n) is 4.12. The average Bonchev–Trinajstić information content (AvgIpc) is 2.03. The molecule has 0 amide bonds. The van der Waals surface area contributed by atoms with Gasteiger partial charge in [-0.2, -0.15) is 0 Å². The summed E-state index contributed by atoms with van der Waals surface area (Å²) in [7, 11) is 0. The molecule has 2 N–H and O–H groups in total. The molecule has 0 aliphatic carbocycles. The van der Waals surface area contributed by atoms with Crippen molar-refractivity contribution in [2.45, 2.75) is 19.4 Å². The molecule has 1 rings (SSSR count). The third-order valence-electron chi connectivity index (χ3n) is 1.68. The molecule has 1 heterocycles. The van der Waals surface area contributed by atoms with Crippen molar-refractivity contribution >= 4 is 15.9 Å². The lowest BCUT2D eigenvalue weighted by atomic mass is 10.1. The Hall–Kier alpha value is -0.670. The third kappa shape index (κ3) is 3.28. The Bertz CT molecular complexity index is 310. The predicted molar refractivity (Wildman–Crippen MR) is 58.3 cm³/mol. The van der Waals surface area contributed by atoms with Crippen molar-refractivity contribution in [1.82, 2.24) is 4.98 Å². The zero-order chi connectivity index (χ0) is 9.84. The van der Waals surface area contributed by atoms with E-state index >= 15 is 0 Å². The van der Waals surface area contributed by atoms with E-state index in [0.717, 1.165) is 22.3 Å². The maximum absolute atomic E-state index is 5.92. The van der Waals surface area contributed by atoms with Gasteiger partial charge in [0.2, 0.25) is 0 Å². The van der Waals surface area contributed by atoms with E-state index in [1.54, 1.807) is 0 Å². The van der Waals surface area contributed by atoms with Crippen LogP contribution < -0.4 is 5.73 Å². The molecule has 0 saturated heterocycles. The van der Waals surface area contributed by atoms with E-state index in [9.17, 15) is 0 Å². The van der Waals surface area contributed by atoms with Gasteiger partial charge in [0.25, 0.3) is 0 Å². The number of halogens is 1. The van der Waals surface area contributed by atoms with E-state index in [-0.39, 0.29) is 6.04 Å². The highest BCUT2D eigenvalue weighted by molar-refractivity contribution is 9.10. The van der Waals surface area contributed by atoms with Crippen LogP contribution in [0.2, 0.25) is 0 Å². The minimum absolute atomic E-state index is 0.0463. The largest absolute Gasteiger partial charge is 0.322 e. The second-order valence-corrected chi connectivity index (χ2v) is 3.97. The van der Waals surface area contributed by atoms with Gasteiger partial charge in [-0.15, -0.1) is 6.58 Å². The molecule has 3 heteroatoms. The molecule has 1 atom stereocenters. The van der Waals surface area contributed by atoms with Crippen LogP contribution in [0.4, 0.5) is 0 Å². The zero-order valence-electron chi connectivity index (χ0n) is 7.63. The monoisotopic (exact) mass is 240 g/mol. The summed E-state index contributed by atoms with van der Waals surface area (Å²) >= 11 is 3.31. The van der Waals surface area contributed by atoms with Crippen molar-refractivity contribution in [2.24, 2.45) is 5.73 Å². The molecule has 0 aliphatic rings. The maximum Gasteiger partial charge on any atom is 0.106 e. The van der Waals surface area contributed by atoms with Gasteiger partial charge in [0.1, 0.15) is 4.60 Å². The number of rotatable bonds is 3. The molecular formula is C10H13BrN2. The van der Waals surface area contributed by atoms with Crippen LogP contribution >= 0.6 is 15.9 Å². The minimum atomic E-state index is -0.0463. The van der Waals surface area contributed by atoms with E-state index in [1.165, 1.54) is 0 Å². The Balaban J connectivity index is 2.76. The van der Waals surface area contributed by atoms with Crippen LogP contribution in [0.5, 0.6) is 0 Å². The number of aromatic nitrogens is 1. The van der Waals surface area contributed by atoms with E-state index in [2.05, 4.69) is 27.5 Å². The summed E-state index contributed by atoms with van der Waals surface area (Å²) in [5, 5.41) is 0. The van der Waals surface area contributed by atoms with Gasteiger partial charge in [-0.1, -0.05) is 11.6 Å². The first-order chi connectivity index (χ1) is 6.09. The molecule has 0 bridgehead atoms. The Morgan fingerprint density at radius 2 is 2.38 bits per heavy atom. The number of hydrogen-bond acceptors (Lipinski definition) is 2. The summed E-state index contributed by atoms with van der Waals surface area (Å²) < 4.78 is 0.821. The Morgan fingerprint density at radius 3 is 2.92 bits per heavy atom. The Kier molecular flexibility index (Phi) is 3.63. The molecule has 13 heavy (non-hydrogen) atoms. The Morgan fingerprint density at radius 1 is 1.69 bits per heavy atom. The van der Waals surface area contributed by atoms with Crippen molar-refractivity contribution in [3.05, 3.63) is 40.6 Å². The van der Waals surface area contributed by atoms with E-state index in [0.29, 0.717) is 0 Å². The molecule has 0 aliphatic heterocycles. The number of pyridine rings is 1. The SMILES string of the molecule is C=C(C)C[C@H](N)c1cccc(Br)n1. The molecule has 0 saturated carbocycles. The van der Waals surface area contributed by atoms with Crippen LogP contribution in [0.1, 0.15) is 25.1 Å². The Labute approximate surface area is 87.0 Å². The maximum atomic E-state index is 5.92. The van der Waals surface area contributed by atoms with Crippen molar-refractivity contribution in [2.75, 3.05) is 0 Å². The van der Waals surface area contributed by atoms with Crippen molar-refractivity contribution < 1.29 is 0 Å². The third-order valence-corrected chi connectivity index (χ3v) is 2.13. The summed E-state index contributed by atoms with van der Waals surface area (Å²) in [5.41, 5.74) is 7.90. The van der Waals surface area contributed by atoms with Gasteiger partial charge in [-0.25, -0.2) is 4.98 Å². The zero-order valence-corrected chi connectivity index (χ0v) is 9.21. The fourth-order valence-electron chi connectivity index (χ4n) is 1.11. The number of nitrogens with zero attached hydrogens (tertiary/aromatic N) is 1. The molecule has 0 aromatic carbocycles. The fraction of sp³-hybridized carbons (Fsp3) is 0.300. The molecule has 0 radical (unpaired) electrons. The van der Waals surface area contributed by atoms with Crippen LogP contribution in [-0.4, -0.2) is 4.98 Å². The van der Waals surface area contributed by atoms with E-state index < -0.39 is 0 Å². The van der Waals surface area contributed by atoms with Crippen molar-refractivity contribution in [3.8, 4) is 0 Å². The fourth-order valence-corrected chi connectivity index (χ4v) is 1.47. The first-order valence-corrected chi connectivity index (χ1v) is 4.91. The van der Waals surface area contributed by atoms with Crippen LogP contribution in [0.15, 0.2) is 35.0 Å². The lowest BCUT2D eigenvalue weighted by molar-refractivity contribution is 0.690. The standard InChI is InChI=1S/C10H13BrN2/c1-7(2)6-8(12)9-4-3-5-10(11)13-9/h3-5,8H,1,6,12H2,2H3/t8-/m0/s1. The van der Waals surface area contributed by atoms with Gasteiger partial charge in [0.15, 0.2) is 0 Å². The molecular weight excluding hydrogens is 228 g/mol. The quantitative estimate of drug-likeness (QED) is 0.652. The summed E-state index contributed by atoms with van der Waals surface area (Å²) in [5.74, 6) is 0. The molecule has 70 valence electrons. The van der Waals surface area contributed by atoms with Gasteiger partial charge < -0.3 is 5.73 Å². The molecule has 1 aromatic rings. The topological polar surface area (TPSA) is 38.9 Å². The molecule has 2 nitrogen and oxygen atoms in total. The lowest BCUT2D eigenvalue weighted by Gasteiger charge is -2.10. The van der Waals surface area contributed by atoms with Crippen LogP contribution in [-0.2, 0) is 0 Å². The molecule has 0 spiro atoms. The number of nitrogens with two attached hydrogens (primary N) is 1. The second kappa shape index (κ2) is 4.53. The van der Waals surface area contributed by atoms with E-state index in [1.807, 2.05) is 25.1 Å². The average molecular weight is 241 g/mol. The van der Waals surface area contributed by atoms with Gasteiger partial charge in [0, 0.05) is 0 Å². The molecule has 0 unspecified atom stereocenters. The molecule has 0 fully saturated rings. The van der Waals surface area contributed by atoms with Gasteiger partial charge in [0.05, 0.1) is 11.7 Å². The predicted octanol–water partition coefficient (Wildman–Crippen LogP) is 2.81. The molecule has 1 aromatic heterocycles. The smallest absolute Gasteiger partial charge is 0.106 e. The second-order valence-electron chi connectivity index (χ2n) is 3.15. The highest BCUT2D eigenvalue weighted by atomic mass is 79.9. The first kappa shape index (κ1) is 10.4. The minimum Gasteiger partial charge on any atom is -0.322 e. The van der Waals surface area contributed by atoms with Crippen LogP contribution in [0, 0.1) is 0 Å². The van der Waals surface area contributed by atoms with Crippen molar-refractivity contribution in [3.63, 3.8) is 0 Å².